The third-order valence-electron chi connectivity index (χ3n) is 5.26. The number of halogens is 2. The van der Waals surface area contributed by atoms with Crippen molar-refractivity contribution in [3.63, 3.8) is 0 Å². The lowest BCUT2D eigenvalue weighted by atomic mass is 9.97. The lowest BCUT2D eigenvalue weighted by molar-refractivity contribution is 0.527. The van der Waals surface area contributed by atoms with Crippen LogP contribution in [0.2, 0.25) is 0 Å². The fraction of sp³-hybridized carbons (Fsp3) is 0.143. The van der Waals surface area contributed by atoms with E-state index < -0.39 is 5.54 Å². The molecular weight excluding hydrogens is 388 g/mol. The zero-order chi connectivity index (χ0) is 22.0. The van der Waals surface area contributed by atoms with Gasteiger partial charge in [0.05, 0.1) is 11.4 Å². The van der Waals surface area contributed by atoms with E-state index in [4.69, 9.17) is 0 Å². The molecule has 4 rings (SSSR count). The van der Waals surface area contributed by atoms with Crippen LogP contribution >= 0.6 is 0 Å². The van der Waals surface area contributed by atoms with Gasteiger partial charge in [0, 0.05) is 11.1 Å². The number of hydrogen-bond donors (Lipinski definition) is 0. The van der Waals surface area contributed by atoms with Gasteiger partial charge < -0.3 is 4.90 Å². The zero-order valence-electron chi connectivity index (χ0n) is 17.9. The number of rotatable bonds is 4. The fourth-order valence-corrected chi connectivity index (χ4v) is 3.90. The summed E-state index contributed by atoms with van der Waals surface area (Å²) in [4.78, 5) is 1.72. The SMILES string of the molecule is CC(C)(C)N(c1ccccc1F)c1cccc(-c2cccc(-c3ccccc3)c2)c1F. The van der Waals surface area contributed by atoms with Crippen LogP contribution in [-0.2, 0) is 0 Å². The molecule has 0 fully saturated rings. The molecule has 156 valence electrons. The van der Waals surface area contributed by atoms with E-state index in [1.807, 2.05) is 81.4 Å². The first-order chi connectivity index (χ1) is 14.9. The maximum atomic E-state index is 15.9. The van der Waals surface area contributed by atoms with Crippen LogP contribution in [0.4, 0.5) is 20.2 Å². The van der Waals surface area contributed by atoms with E-state index >= 15 is 4.39 Å². The lowest BCUT2D eigenvalue weighted by Crippen LogP contribution is -2.38. The number of anilines is 2. The van der Waals surface area contributed by atoms with Crippen LogP contribution in [0, 0.1) is 11.6 Å². The highest BCUT2D eigenvalue weighted by Gasteiger charge is 2.29. The van der Waals surface area contributed by atoms with Gasteiger partial charge in [0.15, 0.2) is 5.82 Å². The maximum absolute atomic E-state index is 15.9. The molecule has 4 aromatic rings. The van der Waals surface area contributed by atoms with E-state index in [-0.39, 0.29) is 11.6 Å². The van der Waals surface area contributed by atoms with Gasteiger partial charge in [-0.1, -0.05) is 72.8 Å². The van der Waals surface area contributed by atoms with Crippen molar-refractivity contribution in [1.29, 1.82) is 0 Å². The molecule has 0 amide bonds. The summed E-state index contributed by atoms with van der Waals surface area (Å²) < 4.78 is 30.6. The number of nitrogens with zero attached hydrogens (tertiary/aromatic N) is 1. The van der Waals surface area contributed by atoms with Gasteiger partial charge >= 0.3 is 0 Å². The molecule has 0 aromatic heterocycles. The second kappa shape index (κ2) is 8.35. The predicted octanol–water partition coefficient (Wildman–Crippen LogP) is 8.24. The molecule has 0 bridgehead atoms. The first kappa shape index (κ1) is 20.8. The molecule has 3 heteroatoms. The zero-order valence-corrected chi connectivity index (χ0v) is 17.9. The highest BCUT2D eigenvalue weighted by molar-refractivity contribution is 5.78. The van der Waals surface area contributed by atoms with Crippen LogP contribution in [-0.4, -0.2) is 5.54 Å². The molecule has 4 aromatic carbocycles. The molecule has 0 atom stereocenters. The molecule has 0 N–H and O–H groups in total. The minimum absolute atomic E-state index is 0.347. The van der Waals surface area contributed by atoms with E-state index in [9.17, 15) is 4.39 Å². The van der Waals surface area contributed by atoms with Crippen LogP contribution in [0.3, 0.4) is 0 Å². The van der Waals surface area contributed by atoms with E-state index in [1.165, 1.54) is 6.07 Å². The average molecular weight is 414 g/mol. The molecule has 0 spiro atoms. The standard InChI is InChI=1S/C28H25F2N/c1-28(2,3)31(25-17-8-7-16-24(25)29)26-18-10-15-23(27(26)30)22-14-9-13-21(19-22)20-11-5-4-6-12-20/h4-19H,1-3H3. The number of para-hydroxylation sites is 1. The largest absolute Gasteiger partial charge is 0.331 e. The minimum Gasteiger partial charge on any atom is -0.331 e. The molecule has 0 heterocycles. The van der Waals surface area contributed by atoms with Gasteiger partial charge in [-0.3, -0.25) is 0 Å². The van der Waals surface area contributed by atoms with Crippen molar-refractivity contribution < 1.29 is 8.78 Å². The fourth-order valence-electron chi connectivity index (χ4n) is 3.90. The van der Waals surface area contributed by atoms with E-state index in [0.717, 1.165) is 16.7 Å². The van der Waals surface area contributed by atoms with Crippen LogP contribution in [0.1, 0.15) is 20.8 Å². The monoisotopic (exact) mass is 413 g/mol. The minimum atomic E-state index is -0.534. The van der Waals surface area contributed by atoms with E-state index in [0.29, 0.717) is 16.9 Å². The molecule has 0 radical (unpaired) electrons. The summed E-state index contributed by atoms with van der Waals surface area (Å²) in [5.41, 5.74) is 3.52. The van der Waals surface area contributed by atoms with Crippen LogP contribution < -0.4 is 4.90 Å². The Bertz CT molecular complexity index is 1190. The summed E-state index contributed by atoms with van der Waals surface area (Å²) in [6.07, 6.45) is 0. The van der Waals surface area contributed by atoms with Crippen molar-refractivity contribution in [3.05, 3.63) is 109 Å². The molecule has 0 aliphatic heterocycles. The molecule has 0 unspecified atom stereocenters. The molecule has 0 aliphatic carbocycles. The quantitative estimate of drug-likeness (QED) is 0.326. The van der Waals surface area contributed by atoms with Crippen molar-refractivity contribution in [2.45, 2.75) is 26.3 Å². The van der Waals surface area contributed by atoms with Crippen molar-refractivity contribution in [1.82, 2.24) is 0 Å². The second-order valence-corrected chi connectivity index (χ2v) is 8.54. The first-order valence-corrected chi connectivity index (χ1v) is 10.4. The van der Waals surface area contributed by atoms with Crippen LogP contribution in [0.25, 0.3) is 22.3 Å². The third-order valence-corrected chi connectivity index (χ3v) is 5.26. The number of benzene rings is 4. The van der Waals surface area contributed by atoms with Gasteiger partial charge in [-0.2, -0.15) is 0 Å². The Morgan fingerprint density at radius 3 is 1.87 bits per heavy atom. The van der Waals surface area contributed by atoms with Gasteiger partial charge in [0.2, 0.25) is 0 Å². The molecule has 0 saturated heterocycles. The summed E-state index contributed by atoms with van der Waals surface area (Å²) in [6.45, 7) is 5.84. The molecule has 0 aliphatic rings. The van der Waals surface area contributed by atoms with Crippen molar-refractivity contribution >= 4 is 11.4 Å². The van der Waals surface area contributed by atoms with Crippen LogP contribution in [0.15, 0.2) is 97.1 Å². The summed E-state index contributed by atoms with van der Waals surface area (Å²) in [7, 11) is 0. The Kier molecular flexibility index (Phi) is 5.60. The normalized spacial score (nSPS) is 11.4. The Hall–Kier alpha value is -3.46. The topological polar surface area (TPSA) is 3.24 Å². The number of hydrogen-bond acceptors (Lipinski definition) is 1. The highest BCUT2D eigenvalue weighted by Crippen LogP contribution is 2.39. The third kappa shape index (κ3) is 4.22. The lowest BCUT2D eigenvalue weighted by Gasteiger charge is -2.38. The van der Waals surface area contributed by atoms with Crippen LogP contribution in [0.5, 0.6) is 0 Å². The summed E-state index contributed by atoms with van der Waals surface area (Å²) in [6, 6.07) is 29.6. The maximum Gasteiger partial charge on any atom is 0.154 e. The summed E-state index contributed by atoms with van der Waals surface area (Å²) in [5, 5.41) is 0. The van der Waals surface area contributed by atoms with Gasteiger partial charge in [0.1, 0.15) is 5.82 Å². The van der Waals surface area contributed by atoms with Crippen molar-refractivity contribution in [2.24, 2.45) is 0 Å². The molecular formula is C28H25F2N. The molecule has 31 heavy (non-hydrogen) atoms. The second-order valence-electron chi connectivity index (χ2n) is 8.54. The van der Waals surface area contributed by atoms with Gasteiger partial charge in [-0.25, -0.2) is 8.78 Å². The Morgan fingerprint density at radius 1 is 0.581 bits per heavy atom. The van der Waals surface area contributed by atoms with Crippen molar-refractivity contribution in [2.75, 3.05) is 4.90 Å². The van der Waals surface area contributed by atoms with E-state index in [1.54, 1.807) is 35.2 Å². The first-order valence-electron chi connectivity index (χ1n) is 10.4. The van der Waals surface area contributed by atoms with Crippen molar-refractivity contribution in [3.8, 4) is 22.3 Å². The van der Waals surface area contributed by atoms with E-state index in [2.05, 4.69) is 0 Å². The Balaban J connectivity index is 1.85. The predicted molar refractivity (Wildman–Crippen MR) is 126 cm³/mol. The average Bonchev–Trinajstić information content (AvgIpc) is 2.76. The molecule has 1 nitrogen and oxygen atoms in total. The summed E-state index contributed by atoms with van der Waals surface area (Å²) in [5.74, 6) is -0.751. The Morgan fingerprint density at radius 2 is 1.16 bits per heavy atom. The summed E-state index contributed by atoms with van der Waals surface area (Å²) >= 11 is 0. The smallest absolute Gasteiger partial charge is 0.154 e. The van der Waals surface area contributed by atoms with Gasteiger partial charge in [0.25, 0.3) is 0 Å². The van der Waals surface area contributed by atoms with Gasteiger partial charge in [-0.05, 0) is 61.7 Å². The van der Waals surface area contributed by atoms with Gasteiger partial charge in [-0.15, -0.1) is 0 Å². The Labute approximate surface area is 182 Å². The molecule has 0 saturated carbocycles. The highest BCUT2D eigenvalue weighted by atomic mass is 19.1.